The van der Waals surface area contributed by atoms with Gasteiger partial charge in [-0.15, -0.1) is 0 Å². The van der Waals surface area contributed by atoms with E-state index in [4.69, 9.17) is 4.42 Å². The number of rotatable bonds is 8. The number of aryl methyl sites for hydroxylation is 1. The monoisotopic (exact) mass is 298 g/mol. The van der Waals surface area contributed by atoms with Crippen LogP contribution in [-0.2, 0) is 19.5 Å². The minimum absolute atomic E-state index is 0.947. The lowest BCUT2D eigenvalue weighted by Gasteiger charge is -2.14. The van der Waals surface area contributed by atoms with Crippen molar-refractivity contribution in [1.82, 2.24) is 10.2 Å². The lowest BCUT2D eigenvalue weighted by atomic mass is 10.1. The van der Waals surface area contributed by atoms with Gasteiger partial charge in [0.1, 0.15) is 5.76 Å². The van der Waals surface area contributed by atoms with Crippen LogP contribution in [-0.4, -0.2) is 24.5 Å². The van der Waals surface area contributed by atoms with Crippen molar-refractivity contribution in [3.8, 4) is 0 Å². The summed E-state index contributed by atoms with van der Waals surface area (Å²) in [7, 11) is 0. The van der Waals surface area contributed by atoms with Crippen molar-refractivity contribution < 1.29 is 4.42 Å². The molecule has 22 heavy (non-hydrogen) atoms. The van der Waals surface area contributed by atoms with Gasteiger partial charge in [0.25, 0.3) is 0 Å². The largest absolute Gasteiger partial charge is 0.469 e. The molecule has 1 fully saturated rings. The van der Waals surface area contributed by atoms with E-state index in [2.05, 4.69) is 34.5 Å². The second-order valence-electron chi connectivity index (χ2n) is 6.16. The first-order valence-electron chi connectivity index (χ1n) is 8.43. The summed E-state index contributed by atoms with van der Waals surface area (Å²) in [5, 5.41) is 3.50. The Kier molecular flexibility index (Phi) is 5.68. The summed E-state index contributed by atoms with van der Waals surface area (Å²) in [4.78, 5) is 2.54. The van der Waals surface area contributed by atoms with Gasteiger partial charge in [-0.1, -0.05) is 24.3 Å². The summed E-state index contributed by atoms with van der Waals surface area (Å²) in [5.74, 6) is 1.08. The number of nitrogens with zero attached hydrogens (tertiary/aromatic N) is 1. The number of nitrogens with one attached hydrogen (secondary N) is 1. The fraction of sp³-hybridized carbons (Fsp3) is 0.474. The highest BCUT2D eigenvalue weighted by molar-refractivity contribution is 5.22. The minimum atomic E-state index is 0.947. The predicted octanol–water partition coefficient (Wildman–Crippen LogP) is 3.60. The third kappa shape index (κ3) is 4.72. The number of hydrogen-bond donors (Lipinski definition) is 1. The number of furan rings is 1. The molecule has 1 aliphatic rings. The SMILES string of the molecule is c1coc(CCCNCc2ccc(CN3CCCC3)cc2)c1. The van der Waals surface area contributed by atoms with Gasteiger partial charge >= 0.3 is 0 Å². The zero-order chi connectivity index (χ0) is 15.0. The van der Waals surface area contributed by atoms with Crippen molar-refractivity contribution in [3.63, 3.8) is 0 Å². The highest BCUT2D eigenvalue weighted by atomic mass is 16.3. The lowest BCUT2D eigenvalue weighted by Crippen LogP contribution is -2.18. The Bertz CT molecular complexity index is 527. The third-order valence-electron chi connectivity index (χ3n) is 4.31. The summed E-state index contributed by atoms with van der Waals surface area (Å²) in [6.07, 6.45) is 6.59. The van der Waals surface area contributed by atoms with Crippen LogP contribution in [0.5, 0.6) is 0 Å². The van der Waals surface area contributed by atoms with Crippen LogP contribution in [0.25, 0.3) is 0 Å². The first-order valence-corrected chi connectivity index (χ1v) is 8.43. The summed E-state index contributed by atoms with van der Waals surface area (Å²) < 4.78 is 5.33. The second-order valence-corrected chi connectivity index (χ2v) is 6.16. The first-order chi connectivity index (χ1) is 10.9. The summed E-state index contributed by atoms with van der Waals surface area (Å²) in [6, 6.07) is 13.1. The van der Waals surface area contributed by atoms with Gasteiger partial charge < -0.3 is 9.73 Å². The van der Waals surface area contributed by atoms with Gasteiger partial charge in [-0.25, -0.2) is 0 Å². The predicted molar refractivity (Wildman–Crippen MR) is 89.7 cm³/mol. The van der Waals surface area contributed by atoms with Gasteiger partial charge in [0, 0.05) is 19.5 Å². The Morgan fingerprint density at radius 3 is 2.50 bits per heavy atom. The molecule has 1 saturated heterocycles. The molecule has 0 aliphatic carbocycles. The zero-order valence-electron chi connectivity index (χ0n) is 13.3. The highest BCUT2D eigenvalue weighted by Gasteiger charge is 2.11. The average molecular weight is 298 g/mol. The lowest BCUT2D eigenvalue weighted by molar-refractivity contribution is 0.331. The van der Waals surface area contributed by atoms with Crippen molar-refractivity contribution in [2.24, 2.45) is 0 Å². The number of hydrogen-bond acceptors (Lipinski definition) is 3. The molecule has 0 saturated carbocycles. The normalized spacial score (nSPS) is 15.5. The maximum absolute atomic E-state index is 5.33. The molecule has 0 spiro atoms. The highest BCUT2D eigenvalue weighted by Crippen LogP contribution is 2.13. The molecule has 1 aromatic carbocycles. The molecule has 0 radical (unpaired) electrons. The van der Waals surface area contributed by atoms with Crippen LogP contribution in [0.1, 0.15) is 36.1 Å². The van der Waals surface area contributed by atoms with Gasteiger partial charge in [-0.3, -0.25) is 4.90 Å². The van der Waals surface area contributed by atoms with Crippen LogP contribution in [0, 0.1) is 0 Å². The van der Waals surface area contributed by atoms with Crippen LogP contribution in [0.2, 0.25) is 0 Å². The topological polar surface area (TPSA) is 28.4 Å². The Morgan fingerprint density at radius 1 is 1.00 bits per heavy atom. The Balaban J connectivity index is 1.34. The molecule has 0 bridgehead atoms. The van der Waals surface area contributed by atoms with Crippen LogP contribution in [0.4, 0.5) is 0 Å². The van der Waals surface area contributed by atoms with Crippen LogP contribution >= 0.6 is 0 Å². The van der Waals surface area contributed by atoms with Gasteiger partial charge in [-0.2, -0.15) is 0 Å². The molecular formula is C19H26N2O. The molecule has 2 aromatic rings. The molecule has 1 aliphatic heterocycles. The molecule has 118 valence electrons. The molecule has 3 rings (SSSR count). The molecule has 0 unspecified atom stereocenters. The van der Waals surface area contributed by atoms with Gasteiger partial charge in [0.15, 0.2) is 0 Å². The summed E-state index contributed by atoms with van der Waals surface area (Å²) >= 11 is 0. The molecule has 2 heterocycles. The zero-order valence-corrected chi connectivity index (χ0v) is 13.3. The number of benzene rings is 1. The maximum Gasteiger partial charge on any atom is 0.103 e. The molecular weight excluding hydrogens is 272 g/mol. The van der Waals surface area contributed by atoms with Crippen molar-refractivity contribution in [1.29, 1.82) is 0 Å². The van der Waals surface area contributed by atoms with Gasteiger partial charge in [0.2, 0.25) is 0 Å². The van der Waals surface area contributed by atoms with E-state index < -0.39 is 0 Å². The molecule has 3 nitrogen and oxygen atoms in total. The third-order valence-corrected chi connectivity index (χ3v) is 4.31. The number of likely N-dealkylation sites (tertiary alicyclic amines) is 1. The minimum Gasteiger partial charge on any atom is -0.469 e. The Labute approximate surface area is 133 Å². The Morgan fingerprint density at radius 2 is 1.77 bits per heavy atom. The van der Waals surface area contributed by atoms with Crippen LogP contribution in [0.15, 0.2) is 47.1 Å². The average Bonchev–Trinajstić information content (AvgIpc) is 3.22. The smallest absolute Gasteiger partial charge is 0.103 e. The molecule has 1 N–H and O–H groups in total. The quantitative estimate of drug-likeness (QED) is 0.755. The van der Waals surface area contributed by atoms with Gasteiger partial charge in [0.05, 0.1) is 6.26 Å². The first kappa shape index (κ1) is 15.3. The summed E-state index contributed by atoms with van der Waals surface area (Å²) in [5.41, 5.74) is 2.80. The Hall–Kier alpha value is -1.58. The van der Waals surface area contributed by atoms with E-state index in [0.29, 0.717) is 0 Å². The fourth-order valence-electron chi connectivity index (χ4n) is 3.04. The maximum atomic E-state index is 5.33. The van der Waals surface area contributed by atoms with Gasteiger partial charge in [-0.05, 0) is 62.2 Å². The van der Waals surface area contributed by atoms with E-state index in [1.54, 1.807) is 6.26 Å². The summed E-state index contributed by atoms with van der Waals surface area (Å²) in [6.45, 7) is 5.60. The second kappa shape index (κ2) is 8.16. The van der Waals surface area contributed by atoms with Crippen molar-refractivity contribution in [2.45, 2.75) is 38.8 Å². The fourth-order valence-corrected chi connectivity index (χ4v) is 3.04. The van der Waals surface area contributed by atoms with E-state index in [1.165, 1.54) is 37.1 Å². The molecule has 1 aromatic heterocycles. The molecule has 0 atom stereocenters. The van der Waals surface area contributed by atoms with Crippen LogP contribution in [0.3, 0.4) is 0 Å². The van der Waals surface area contributed by atoms with E-state index in [1.807, 2.05) is 12.1 Å². The standard InChI is InChI=1S/C19H26N2O/c1-2-13-21(12-1)16-18-9-7-17(8-10-18)15-20-11-3-5-19-6-4-14-22-19/h4,6-10,14,20H,1-3,5,11-13,15-16H2. The van der Waals surface area contributed by atoms with E-state index in [-0.39, 0.29) is 0 Å². The molecule has 3 heteroatoms. The van der Waals surface area contributed by atoms with E-state index in [0.717, 1.165) is 38.2 Å². The van der Waals surface area contributed by atoms with Crippen molar-refractivity contribution in [2.75, 3.05) is 19.6 Å². The van der Waals surface area contributed by atoms with Crippen molar-refractivity contribution in [3.05, 3.63) is 59.5 Å². The van der Waals surface area contributed by atoms with Crippen molar-refractivity contribution >= 4 is 0 Å². The van der Waals surface area contributed by atoms with E-state index >= 15 is 0 Å². The molecule has 0 amide bonds. The van der Waals surface area contributed by atoms with E-state index in [9.17, 15) is 0 Å². The van der Waals surface area contributed by atoms with Crippen LogP contribution < -0.4 is 5.32 Å².